The second-order valence-electron chi connectivity index (χ2n) is 2.56. The number of rotatable bonds is 3. The molecule has 0 aliphatic carbocycles. The van der Waals surface area contributed by atoms with Crippen molar-refractivity contribution in [1.82, 2.24) is 9.80 Å². The molecule has 0 aliphatic heterocycles. The van der Waals surface area contributed by atoms with E-state index in [0.717, 1.165) is 6.04 Å². The van der Waals surface area contributed by atoms with Crippen LogP contribution in [0.5, 0.6) is 0 Å². The van der Waals surface area contributed by atoms with Crippen LogP contribution in [-0.2, 0) is 0 Å². The van der Waals surface area contributed by atoms with Gasteiger partial charge in [0.25, 0.3) is 0 Å². The van der Waals surface area contributed by atoms with Crippen LogP contribution < -0.4 is 0 Å². The van der Waals surface area contributed by atoms with Crippen LogP contribution in [0.2, 0.25) is 6.04 Å². The normalized spacial score (nSPS) is 8.90. The van der Waals surface area contributed by atoms with Gasteiger partial charge in [-0.25, -0.2) is 0 Å². The molecule has 0 aromatic carbocycles. The predicted molar refractivity (Wildman–Crippen MR) is 46.0 cm³/mol. The van der Waals surface area contributed by atoms with Crippen LogP contribution in [-0.4, -0.2) is 48.2 Å². The molecule has 0 heterocycles. The second-order valence-corrected chi connectivity index (χ2v) is 2.96. The minimum atomic E-state index is 0.895. The summed E-state index contributed by atoms with van der Waals surface area (Å²) >= 11 is 0. The largest absolute Gasteiger partial charge is 0.365 e. The van der Waals surface area contributed by atoms with E-state index in [-0.39, 0.29) is 0 Å². The molecule has 10 heavy (non-hydrogen) atoms. The molecule has 57 valence electrons. The molecule has 0 aromatic heterocycles. The van der Waals surface area contributed by atoms with E-state index < -0.39 is 0 Å². The summed E-state index contributed by atoms with van der Waals surface area (Å²) in [7, 11) is 11.5. The maximum absolute atomic E-state index is 3.40. The summed E-state index contributed by atoms with van der Waals surface area (Å²) in [6, 6.07) is 0.895. The molecule has 2 nitrogen and oxygen atoms in total. The van der Waals surface area contributed by atoms with Crippen molar-refractivity contribution in [2.24, 2.45) is 0 Å². The van der Waals surface area contributed by atoms with E-state index in [2.05, 4.69) is 26.1 Å². The summed E-state index contributed by atoms with van der Waals surface area (Å²) in [5.74, 6) is 1.22. The van der Waals surface area contributed by atoms with Crippen molar-refractivity contribution < 1.29 is 0 Å². The Labute approximate surface area is 66.9 Å². The van der Waals surface area contributed by atoms with Crippen molar-refractivity contribution in [1.29, 1.82) is 0 Å². The molecule has 0 aromatic rings. The van der Waals surface area contributed by atoms with Gasteiger partial charge in [-0.2, -0.15) is 0 Å². The van der Waals surface area contributed by atoms with Crippen LogP contribution in [0.15, 0.2) is 11.9 Å². The maximum Gasteiger partial charge on any atom is 0.0984 e. The molecule has 0 saturated heterocycles. The molecule has 0 bridgehead atoms. The quantitative estimate of drug-likeness (QED) is 0.549. The standard InChI is InChI=1S/C7H15N2Si/c1-8(2)7(5-6-10)9(3)4/h5H,6H2,1-4H3. The third kappa shape index (κ3) is 2.92. The highest BCUT2D eigenvalue weighted by molar-refractivity contribution is 6.09. The van der Waals surface area contributed by atoms with Crippen molar-refractivity contribution in [3.05, 3.63) is 11.9 Å². The fourth-order valence-corrected chi connectivity index (χ4v) is 1.04. The lowest BCUT2D eigenvalue weighted by Gasteiger charge is -2.24. The van der Waals surface area contributed by atoms with Crippen LogP contribution in [0.25, 0.3) is 0 Å². The summed E-state index contributed by atoms with van der Waals surface area (Å²) in [4.78, 5) is 4.17. The van der Waals surface area contributed by atoms with Crippen LogP contribution in [0.3, 0.4) is 0 Å². The zero-order chi connectivity index (χ0) is 8.15. The Hall–Kier alpha value is -0.443. The Bertz CT molecular complexity index is 109. The Morgan fingerprint density at radius 3 is 1.70 bits per heavy atom. The molecule has 0 N–H and O–H groups in total. The smallest absolute Gasteiger partial charge is 0.0984 e. The van der Waals surface area contributed by atoms with Crippen LogP contribution in [0.4, 0.5) is 0 Å². The van der Waals surface area contributed by atoms with E-state index in [1.54, 1.807) is 0 Å². The average molecular weight is 155 g/mol. The first-order valence-electron chi connectivity index (χ1n) is 3.29. The first-order chi connectivity index (χ1) is 4.59. The van der Waals surface area contributed by atoms with E-state index in [9.17, 15) is 0 Å². The van der Waals surface area contributed by atoms with Gasteiger partial charge >= 0.3 is 0 Å². The highest BCUT2D eigenvalue weighted by Crippen LogP contribution is 2.01. The van der Waals surface area contributed by atoms with E-state index in [1.165, 1.54) is 5.82 Å². The minimum absolute atomic E-state index is 0.895. The molecule has 3 heteroatoms. The topological polar surface area (TPSA) is 6.48 Å². The number of allylic oxidation sites excluding steroid dienone is 1. The Balaban J connectivity index is 4.12. The first kappa shape index (κ1) is 9.56. The highest BCUT2D eigenvalue weighted by atomic mass is 28.1. The number of hydrogen-bond donors (Lipinski definition) is 0. The van der Waals surface area contributed by atoms with Crippen molar-refractivity contribution in [3.8, 4) is 0 Å². The molecule has 0 atom stereocenters. The molecule has 0 aliphatic rings. The fourth-order valence-electron chi connectivity index (χ4n) is 0.856. The van der Waals surface area contributed by atoms with Crippen LogP contribution in [0.1, 0.15) is 0 Å². The fraction of sp³-hybridized carbons (Fsp3) is 0.714. The lowest BCUT2D eigenvalue weighted by molar-refractivity contribution is 0.342. The second kappa shape index (κ2) is 4.38. The summed E-state index contributed by atoms with van der Waals surface area (Å²) in [5, 5.41) is 0. The number of hydrogen-bond acceptors (Lipinski definition) is 2. The average Bonchev–Trinajstić information content (AvgIpc) is 1.81. The summed E-state index contributed by atoms with van der Waals surface area (Å²) in [5.41, 5.74) is 0. The van der Waals surface area contributed by atoms with E-state index in [4.69, 9.17) is 0 Å². The van der Waals surface area contributed by atoms with Gasteiger partial charge in [0.15, 0.2) is 0 Å². The molecule has 0 unspecified atom stereocenters. The lowest BCUT2D eigenvalue weighted by Crippen LogP contribution is -2.24. The van der Waals surface area contributed by atoms with Crippen LogP contribution in [0, 0.1) is 0 Å². The molecule has 3 radical (unpaired) electrons. The SMILES string of the molecule is CN(C)C(=CC[Si])N(C)C. The van der Waals surface area contributed by atoms with Gasteiger partial charge in [0.1, 0.15) is 0 Å². The van der Waals surface area contributed by atoms with Gasteiger partial charge in [0.2, 0.25) is 0 Å². The van der Waals surface area contributed by atoms with Crippen molar-refractivity contribution >= 4 is 10.2 Å². The van der Waals surface area contributed by atoms with Gasteiger partial charge in [0.05, 0.1) is 5.82 Å². The van der Waals surface area contributed by atoms with Crippen molar-refractivity contribution in [2.45, 2.75) is 6.04 Å². The third-order valence-corrected chi connectivity index (χ3v) is 1.41. The van der Waals surface area contributed by atoms with E-state index in [0.29, 0.717) is 0 Å². The Kier molecular flexibility index (Phi) is 4.19. The third-order valence-electron chi connectivity index (χ3n) is 1.20. The van der Waals surface area contributed by atoms with Gasteiger partial charge in [-0.1, -0.05) is 0 Å². The summed E-state index contributed by atoms with van der Waals surface area (Å²) < 4.78 is 0. The maximum atomic E-state index is 3.40. The van der Waals surface area contributed by atoms with Crippen LogP contribution >= 0.6 is 0 Å². The monoisotopic (exact) mass is 155 g/mol. The zero-order valence-corrected chi connectivity index (χ0v) is 8.18. The molecule has 0 saturated carbocycles. The Morgan fingerprint density at radius 2 is 1.60 bits per heavy atom. The molecule has 0 amide bonds. The highest BCUT2D eigenvalue weighted by Gasteiger charge is 1.98. The Morgan fingerprint density at radius 1 is 1.20 bits per heavy atom. The molecular formula is C7H15N2Si. The summed E-state index contributed by atoms with van der Waals surface area (Å²) in [6.07, 6.45) is 2.12. The number of nitrogens with zero attached hydrogens (tertiary/aromatic N) is 2. The zero-order valence-electron chi connectivity index (χ0n) is 7.18. The molecular weight excluding hydrogens is 140 g/mol. The van der Waals surface area contributed by atoms with Gasteiger partial charge < -0.3 is 9.80 Å². The predicted octanol–water partition coefficient (Wildman–Crippen LogP) is 0.538. The minimum Gasteiger partial charge on any atom is -0.365 e. The molecule has 0 rings (SSSR count). The van der Waals surface area contributed by atoms with Gasteiger partial charge in [-0.05, 0) is 12.1 Å². The molecule has 0 spiro atoms. The summed E-state index contributed by atoms with van der Waals surface area (Å²) in [6.45, 7) is 0. The van der Waals surface area contributed by atoms with E-state index >= 15 is 0 Å². The van der Waals surface area contributed by atoms with Gasteiger partial charge in [-0.15, -0.1) is 0 Å². The van der Waals surface area contributed by atoms with E-state index in [1.807, 2.05) is 28.2 Å². The van der Waals surface area contributed by atoms with Gasteiger partial charge in [-0.3, -0.25) is 0 Å². The molecule has 0 fully saturated rings. The lowest BCUT2D eigenvalue weighted by atomic mass is 10.5. The van der Waals surface area contributed by atoms with Crippen molar-refractivity contribution in [2.75, 3.05) is 28.2 Å². The van der Waals surface area contributed by atoms with Gasteiger partial charge in [0, 0.05) is 38.4 Å². The van der Waals surface area contributed by atoms with Crippen molar-refractivity contribution in [3.63, 3.8) is 0 Å². The first-order valence-corrected chi connectivity index (χ1v) is 3.99.